The van der Waals surface area contributed by atoms with Gasteiger partial charge in [-0.3, -0.25) is 4.79 Å². The minimum absolute atomic E-state index is 0.0393. The normalized spacial score (nSPS) is 18.5. The van der Waals surface area contributed by atoms with Crippen LogP contribution in [0.5, 0.6) is 11.5 Å². The Bertz CT molecular complexity index is 1030. The summed E-state index contributed by atoms with van der Waals surface area (Å²) in [4.78, 5) is 27.4. The Morgan fingerprint density at radius 3 is 2.41 bits per heavy atom. The third-order valence-corrected chi connectivity index (χ3v) is 5.28. The largest absolute Gasteiger partial charge is 0.507 e. The number of urea groups is 1. The maximum Gasteiger partial charge on any atom is 0.387 e. The molecule has 32 heavy (non-hydrogen) atoms. The summed E-state index contributed by atoms with van der Waals surface area (Å²) in [6.07, 6.45) is 1.23. The molecule has 0 spiro atoms. The molecular formula is C22H24F2N4O4. The molecule has 10 heteroatoms. The Balaban J connectivity index is 1.79. The third kappa shape index (κ3) is 4.48. The van der Waals surface area contributed by atoms with E-state index in [-0.39, 0.29) is 11.5 Å². The van der Waals surface area contributed by atoms with Gasteiger partial charge in [-0.05, 0) is 50.6 Å². The zero-order chi connectivity index (χ0) is 23.5. The van der Waals surface area contributed by atoms with Crippen LogP contribution in [0.4, 0.5) is 19.3 Å². The Labute approximate surface area is 184 Å². The molecule has 1 heterocycles. The summed E-state index contributed by atoms with van der Waals surface area (Å²) in [5, 5.41) is 17.5. The number of benzene rings is 2. The molecule has 2 N–H and O–H groups in total. The van der Waals surface area contributed by atoms with E-state index in [4.69, 9.17) is 0 Å². The van der Waals surface area contributed by atoms with Crippen molar-refractivity contribution in [1.29, 1.82) is 0 Å². The quantitative estimate of drug-likeness (QED) is 0.477. The molecule has 1 unspecified atom stereocenters. The Morgan fingerprint density at radius 2 is 1.84 bits per heavy atom. The van der Waals surface area contributed by atoms with Crippen molar-refractivity contribution in [2.45, 2.75) is 32.9 Å². The Morgan fingerprint density at radius 1 is 1.19 bits per heavy atom. The van der Waals surface area contributed by atoms with Crippen molar-refractivity contribution in [2.75, 3.05) is 18.0 Å². The van der Waals surface area contributed by atoms with Gasteiger partial charge in [-0.15, -0.1) is 5.01 Å². The number of hydrogen-bond donors (Lipinski definition) is 2. The predicted molar refractivity (Wildman–Crippen MR) is 115 cm³/mol. The molecule has 0 saturated carbocycles. The number of rotatable bonds is 8. The number of aromatic hydroxyl groups is 1. The van der Waals surface area contributed by atoms with E-state index in [1.165, 1.54) is 37.4 Å². The molecule has 3 amide bonds. The van der Waals surface area contributed by atoms with Gasteiger partial charge in [0.25, 0.3) is 5.91 Å². The highest BCUT2D eigenvalue weighted by molar-refractivity contribution is 6.07. The van der Waals surface area contributed by atoms with E-state index < -0.39 is 24.1 Å². The number of nitrogens with one attached hydrogen (secondary N) is 1. The smallest absolute Gasteiger partial charge is 0.387 e. The van der Waals surface area contributed by atoms with Gasteiger partial charge in [-0.2, -0.15) is 13.9 Å². The van der Waals surface area contributed by atoms with Crippen LogP contribution in [0.25, 0.3) is 0 Å². The number of phenols is 1. The zero-order valence-electron chi connectivity index (χ0n) is 17.9. The molecule has 2 aromatic rings. The highest BCUT2D eigenvalue weighted by atomic mass is 19.3. The van der Waals surface area contributed by atoms with Crippen LogP contribution in [0.3, 0.4) is 0 Å². The highest BCUT2D eigenvalue weighted by Gasteiger charge is 2.49. The van der Waals surface area contributed by atoms with Crippen molar-refractivity contribution in [3.8, 4) is 11.5 Å². The lowest BCUT2D eigenvalue weighted by molar-refractivity contribution is -0.131. The number of halogens is 2. The molecule has 3 rings (SSSR count). The van der Waals surface area contributed by atoms with Crippen molar-refractivity contribution in [1.82, 2.24) is 10.3 Å². The van der Waals surface area contributed by atoms with Crippen LogP contribution in [0.15, 0.2) is 47.6 Å². The van der Waals surface area contributed by atoms with Gasteiger partial charge >= 0.3 is 12.6 Å². The summed E-state index contributed by atoms with van der Waals surface area (Å²) >= 11 is 0. The Kier molecular flexibility index (Phi) is 6.61. The number of phenolic OH excluding ortho intramolecular Hbond substituents is 1. The van der Waals surface area contributed by atoms with Gasteiger partial charge in [-0.25, -0.2) is 4.79 Å². The highest BCUT2D eigenvalue weighted by Crippen LogP contribution is 2.31. The average Bonchev–Trinajstić information content (AvgIpc) is 2.97. The van der Waals surface area contributed by atoms with E-state index >= 15 is 0 Å². The average molecular weight is 446 g/mol. The number of hydrogen-bond acceptors (Lipinski definition) is 6. The summed E-state index contributed by atoms with van der Waals surface area (Å²) in [6, 6.07) is 9.70. The van der Waals surface area contributed by atoms with E-state index in [2.05, 4.69) is 20.1 Å². The fraction of sp³-hybridized carbons (Fsp3) is 0.318. The summed E-state index contributed by atoms with van der Waals surface area (Å²) in [7, 11) is 0. The number of nitrogens with zero attached hydrogens (tertiary/aromatic N) is 3. The van der Waals surface area contributed by atoms with E-state index in [9.17, 15) is 23.5 Å². The number of hydrazone groups is 1. The van der Waals surface area contributed by atoms with Crippen molar-refractivity contribution < 1.29 is 28.2 Å². The van der Waals surface area contributed by atoms with Crippen LogP contribution in [-0.2, 0) is 10.3 Å². The standard InChI is InChI=1S/C22H24F2N4O4/c1-4-27(5-2)16-9-6-14(18(29)12-16)13-25-28-19(30)22(3,26-21(28)31)15-7-10-17(11-8-15)32-20(23)24/h6-13,20,29H,4-5H2,1-3H3,(H,26,31). The molecule has 170 valence electrons. The second-order valence-corrected chi connectivity index (χ2v) is 7.23. The van der Waals surface area contributed by atoms with Crippen LogP contribution in [-0.4, -0.2) is 48.0 Å². The minimum atomic E-state index is -2.97. The number of carbonyl (C=O) groups excluding carboxylic acids is 2. The van der Waals surface area contributed by atoms with Gasteiger partial charge < -0.3 is 20.1 Å². The molecule has 1 fully saturated rings. The first kappa shape index (κ1) is 23.0. The molecule has 1 aliphatic heterocycles. The number of ether oxygens (including phenoxy) is 1. The lowest BCUT2D eigenvalue weighted by atomic mass is 9.92. The maximum absolute atomic E-state index is 12.9. The molecule has 0 aromatic heterocycles. The van der Waals surface area contributed by atoms with Crippen LogP contribution >= 0.6 is 0 Å². The molecule has 0 aliphatic carbocycles. The number of alkyl halides is 2. The summed E-state index contributed by atoms with van der Waals surface area (Å²) < 4.78 is 29.0. The van der Waals surface area contributed by atoms with Gasteiger partial charge in [0.15, 0.2) is 0 Å². The fourth-order valence-electron chi connectivity index (χ4n) is 3.44. The summed E-state index contributed by atoms with van der Waals surface area (Å²) in [5.74, 6) is -0.759. The molecule has 0 radical (unpaired) electrons. The van der Waals surface area contributed by atoms with Gasteiger partial charge in [0, 0.05) is 30.4 Å². The van der Waals surface area contributed by atoms with Crippen LogP contribution in [0, 0.1) is 0 Å². The van der Waals surface area contributed by atoms with E-state index in [1.807, 2.05) is 19.9 Å². The number of amides is 3. The predicted octanol–water partition coefficient (Wildman–Crippen LogP) is 3.64. The van der Waals surface area contributed by atoms with Gasteiger partial charge in [0.05, 0.1) is 6.21 Å². The SMILES string of the molecule is CCN(CC)c1ccc(C=NN2C(=O)NC(C)(c3ccc(OC(F)F)cc3)C2=O)c(O)c1. The number of anilines is 1. The minimum Gasteiger partial charge on any atom is -0.507 e. The molecule has 1 atom stereocenters. The maximum atomic E-state index is 12.9. The van der Waals surface area contributed by atoms with Gasteiger partial charge in [0.1, 0.15) is 17.0 Å². The van der Waals surface area contributed by atoms with E-state index in [0.717, 1.165) is 18.8 Å². The zero-order valence-corrected chi connectivity index (χ0v) is 17.9. The first-order valence-electron chi connectivity index (χ1n) is 10.0. The molecule has 8 nitrogen and oxygen atoms in total. The van der Waals surface area contributed by atoms with Crippen LogP contribution < -0.4 is 15.0 Å². The second kappa shape index (κ2) is 9.21. The molecule has 1 aliphatic rings. The number of carbonyl (C=O) groups is 2. The molecule has 0 bridgehead atoms. The second-order valence-electron chi connectivity index (χ2n) is 7.23. The number of imide groups is 1. The third-order valence-electron chi connectivity index (χ3n) is 5.28. The Hall–Kier alpha value is -3.69. The van der Waals surface area contributed by atoms with Gasteiger partial charge in [-0.1, -0.05) is 12.1 Å². The van der Waals surface area contributed by atoms with Gasteiger partial charge in [0.2, 0.25) is 0 Å². The molecule has 2 aromatic carbocycles. The van der Waals surface area contributed by atoms with Crippen molar-refractivity contribution in [3.05, 3.63) is 53.6 Å². The van der Waals surface area contributed by atoms with Crippen LogP contribution in [0.2, 0.25) is 0 Å². The first-order valence-corrected chi connectivity index (χ1v) is 10.0. The van der Waals surface area contributed by atoms with Crippen molar-refractivity contribution in [2.24, 2.45) is 5.10 Å². The lowest BCUT2D eigenvalue weighted by Crippen LogP contribution is -2.40. The van der Waals surface area contributed by atoms with E-state index in [0.29, 0.717) is 16.1 Å². The topological polar surface area (TPSA) is 94.5 Å². The molecular weight excluding hydrogens is 422 g/mol. The van der Waals surface area contributed by atoms with E-state index in [1.54, 1.807) is 12.1 Å². The lowest BCUT2D eigenvalue weighted by Gasteiger charge is -2.21. The monoisotopic (exact) mass is 446 g/mol. The first-order chi connectivity index (χ1) is 15.2. The summed E-state index contributed by atoms with van der Waals surface area (Å²) in [6.45, 7) is 4.08. The van der Waals surface area contributed by atoms with Crippen LogP contribution in [0.1, 0.15) is 31.9 Å². The fourth-order valence-corrected chi connectivity index (χ4v) is 3.44. The summed E-state index contributed by atoms with van der Waals surface area (Å²) in [5.41, 5.74) is 0.114. The van der Waals surface area contributed by atoms with Crippen molar-refractivity contribution in [3.63, 3.8) is 0 Å². The van der Waals surface area contributed by atoms with Crippen molar-refractivity contribution >= 4 is 23.8 Å². The molecule has 1 saturated heterocycles.